The minimum atomic E-state index is -0.409. The quantitative estimate of drug-likeness (QED) is 0.740. The van der Waals surface area contributed by atoms with E-state index in [0.29, 0.717) is 0 Å². The third-order valence-electron chi connectivity index (χ3n) is 2.41. The zero-order valence-electron chi connectivity index (χ0n) is 8.81. The Kier molecular flexibility index (Phi) is 2.56. The zero-order chi connectivity index (χ0) is 10.9. The summed E-state index contributed by atoms with van der Waals surface area (Å²) >= 11 is 4.52. The fourth-order valence-electron chi connectivity index (χ4n) is 1.66. The lowest BCUT2D eigenvalue weighted by Crippen LogP contribution is -2.47. The first-order chi connectivity index (χ1) is 7.15. The van der Waals surface area contributed by atoms with Crippen LogP contribution in [0, 0.1) is 0 Å². The molecule has 5 heteroatoms. The highest BCUT2D eigenvalue weighted by atomic mass is 32.1. The van der Waals surface area contributed by atoms with E-state index in [1.807, 2.05) is 19.1 Å². The maximum absolute atomic E-state index is 4.52. The molecule has 0 aromatic carbocycles. The molecule has 1 aliphatic rings. The predicted octanol–water partition coefficient (Wildman–Crippen LogP) is 1.27. The van der Waals surface area contributed by atoms with Crippen molar-refractivity contribution >= 4 is 18.5 Å². The molecule has 0 radical (unpaired) electrons. The van der Waals surface area contributed by atoms with Crippen molar-refractivity contribution in [1.82, 2.24) is 15.3 Å². The maximum Gasteiger partial charge on any atom is 0.169 e. The van der Waals surface area contributed by atoms with Crippen LogP contribution in [-0.2, 0) is 0 Å². The predicted molar refractivity (Wildman–Crippen MR) is 63.7 cm³/mol. The number of nitrogens with one attached hydrogen (secondary N) is 1. The summed E-state index contributed by atoms with van der Waals surface area (Å²) in [6.07, 6.45) is 3.53. The van der Waals surface area contributed by atoms with E-state index in [4.69, 9.17) is 0 Å². The standard InChI is InChI=1S/C10H14N4S/c1-3-14-9(12-13-10(14,2)15)8-4-6-11-7-5-8/h4-7,13,15H,3H2,1-2H3. The third-order valence-corrected chi connectivity index (χ3v) is 2.75. The van der Waals surface area contributed by atoms with Crippen LogP contribution in [0.15, 0.2) is 29.6 Å². The molecule has 0 saturated heterocycles. The average molecular weight is 222 g/mol. The van der Waals surface area contributed by atoms with Gasteiger partial charge in [-0.2, -0.15) is 5.10 Å². The van der Waals surface area contributed by atoms with Crippen LogP contribution in [-0.4, -0.2) is 27.3 Å². The molecular formula is C10H14N4S. The fraction of sp³-hybridized carbons (Fsp3) is 0.400. The van der Waals surface area contributed by atoms with Crippen LogP contribution < -0.4 is 5.43 Å². The minimum absolute atomic E-state index is 0.409. The average Bonchev–Trinajstić information content (AvgIpc) is 2.54. The van der Waals surface area contributed by atoms with Gasteiger partial charge in [-0.25, -0.2) is 0 Å². The van der Waals surface area contributed by atoms with E-state index in [1.165, 1.54) is 0 Å². The number of hydrazone groups is 1. The van der Waals surface area contributed by atoms with Crippen LogP contribution in [0.1, 0.15) is 19.4 Å². The number of amidine groups is 1. The van der Waals surface area contributed by atoms with E-state index >= 15 is 0 Å². The van der Waals surface area contributed by atoms with E-state index in [9.17, 15) is 0 Å². The highest BCUT2D eigenvalue weighted by Crippen LogP contribution is 2.24. The lowest BCUT2D eigenvalue weighted by Gasteiger charge is -2.31. The molecule has 0 saturated carbocycles. The second-order valence-corrected chi connectivity index (χ2v) is 4.42. The first kappa shape index (κ1) is 10.3. The first-order valence-electron chi connectivity index (χ1n) is 4.90. The van der Waals surface area contributed by atoms with Crippen LogP contribution in [0.5, 0.6) is 0 Å². The molecule has 2 rings (SSSR count). The molecule has 4 nitrogen and oxygen atoms in total. The van der Waals surface area contributed by atoms with Gasteiger partial charge in [0.15, 0.2) is 10.8 Å². The Morgan fingerprint density at radius 2 is 2.13 bits per heavy atom. The van der Waals surface area contributed by atoms with Crippen LogP contribution in [0.2, 0.25) is 0 Å². The normalized spacial score (nSPS) is 25.0. The number of hydrogen-bond acceptors (Lipinski definition) is 5. The summed E-state index contributed by atoms with van der Waals surface area (Å²) in [5.74, 6) is 0.914. The summed E-state index contributed by atoms with van der Waals surface area (Å²) in [4.78, 5) is 5.68. The van der Waals surface area contributed by atoms with Gasteiger partial charge in [0.05, 0.1) is 0 Å². The van der Waals surface area contributed by atoms with E-state index < -0.39 is 4.99 Å². The Balaban J connectivity index is 2.32. The zero-order valence-corrected chi connectivity index (χ0v) is 9.70. The van der Waals surface area contributed by atoms with Crippen LogP contribution in [0.3, 0.4) is 0 Å². The lowest BCUT2D eigenvalue weighted by atomic mass is 10.2. The van der Waals surface area contributed by atoms with Crippen molar-refractivity contribution in [1.29, 1.82) is 0 Å². The Labute approximate surface area is 94.8 Å². The molecule has 80 valence electrons. The summed E-state index contributed by atoms with van der Waals surface area (Å²) in [6.45, 7) is 4.92. The van der Waals surface area contributed by atoms with Gasteiger partial charge in [0, 0.05) is 24.5 Å². The smallest absolute Gasteiger partial charge is 0.169 e. The van der Waals surface area contributed by atoms with Gasteiger partial charge < -0.3 is 4.90 Å². The number of nitrogens with zero attached hydrogens (tertiary/aromatic N) is 3. The molecule has 0 fully saturated rings. The third kappa shape index (κ3) is 1.79. The Morgan fingerprint density at radius 3 is 2.73 bits per heavy atom. The number of hydrogen-bond donors (Lipinski definition) is 2. The van der Waals surface area contributed by atoms with E-state index in [2.05, 4.69) is 40.0 Å². The van der Waals surface area contributed by atoms with Gasteiger partial charge >= 0.3 is 0 Å². The van der Waals surface area contributed by atoms with Gasteiger partial charge in [0.2, 0.25) is 0 Å². The van der Waals surface area contributed by atoms with E-state index in [0.717, 1.165) is 17.9 Å². The summed E-state index contributed by atoms with van der Waals surface area (Å²) < 4.78 is 0. The van der Waals surface area contributed by atoms with Crippen LogP contribution in [0.25, 0.3) is 0 Å². The van der Waals surface area contributed by atoms with Gasteiger partial charge in [-0.05, 0) is 26.0 Å². The van der Waals surface area contributed by atoms with Crippen molar-refractivity contribution in [2.24, 2.45) is 5.10 Å². The molecule has 0 spiro atoms. The minimum Gasteiger partial charge on any atom is -0.323 e. The van der Waals surface area contributed by atoms with E-state index in [-0.39, 0.29) is 0 Å². The van der Waals surface area contributed by atoms with Crippen molar-refractivity contribution in [3.63, 3.8) is 0 Å². The molecule has 0 bridgehead atoms. The monoisotopic (exact) mass is 222 g/mol. The van der Waals surface area contributed by atoms with Gasteiger partial charge in [-0.3, -0.25) is 10.4 Å². The summed E-state index contributed by atoms with van der Waals surface area (Å²) in [5, 5.41) is 4.30. The molecular weight excluding hydrogens is 208 g/mol. The van der Waals surface area contributed by atoms with Crippen molar-refractivity contribution in [3.05, 3.63) is 30.1 Å². The van der Waals surface area contributed by atoms with E-state index in [1.54, 1.807) is 12.4 Å². The number of pyridine rings is 1. The molecule has 15 heavy (non-hydrogen) atoms. The van der Waals surface area contributed by atoms with Crippen LogP contribution in [0.4, 0.5) is 0 Å². The highest BCUT2D eigenvalue weighted by molar-refractivity contribution is 7.81. The molecule has 1 atom stereocenters. The van der Waals surface area contributed by atoms with Crippen molar-refractivity contribution < 1.29 is 0 Å². The fourth-order valence-corrected chi connectivity index (χ4v) is 1.95. The molecule has 2 heterocycles. The SMILES string of the molecule is CCN1C(c2ccncc2)=NNC1(C)S. The molecule has 1 aromatic rings. The van der Waals surface area contributed by atoms with Crippen molar-refractivity contribution in [2.75, 3.05) is 6.54 Å². The van der Waals surface area contributed by atoms with Gasteiger partial charge in [-0.1, -0.05) is 0 Å². The topological polar surface area (TPSA) is 40.5 Å². The van der Waals surface area contributed by atoms with Crippen LogP contribution >= 0.6 is 12.6 Å². The second-order valence-electron chi connectivity index (χ2n) is 3.55. The highest BCUT2D eigenvalue weighted by Gasteiger charge is 2.34. The number of thiol groups is 1. The second kappa shape index (κ2) is 3.73. The first-order valence-corrected chi connectivity index (χ1v) is 5.35. The number of rotatable bonds is 2. The Morgan fingerprint density at radius 1 is 1.47 bits per heavy atom. The Hall–Kier alpha value is -1.23. The molecule has 1 N–H and O–H groups in total. The Bertz CT molecular complexity index is 374. The lowest BCUT2D eigenvalue weighted by molar-refractivity contribution is 0.299. The molecule has 1 aromatic heterocycles. The molecule has 0 aliphatic carbocycles. The molecule has 1 aliphatic heterocycles. The van der Waals surface area contributed by atoms with Gasteiger partial charge in [-0.15, -0.1) is 12.6 Å². The molecule has 1 unspecified atom stereocenters. The van der Waals surface area contributed by atoms with Gasteiger partial charge in [0.25, 0.3) is 0 Å². The summed E-state index contributed by atoms with van der Waals surface area (Å²) in [5.41, 5.74) is 4.06. The van der Waals surface area contributed by atoms with Crippen molar-refractivity contribution in [3.8, 4) is 0 Å². The largest absolute Gasteiger partial charge is 0.323 e. The molecule has 0 amide bonds. The summed E-state index contributed by atoms with van der Waals surface area (Å²) in [6, 6.07) is 3.89. The maximum atomic E-state index is 4.52. The summed E-state index contributed by atoms with van der Waals surface area (Å²) in [7, 11) is 0. The van der Waals surface area contributed by atoms with Crippen molar-refractivity contribution in [2.45, 2.75) is 18.8 Å². The van der Waals surface area contributed by atoms with Gasteiger partial charge in [0.1, 0.15) is 0 Å². The number of aromatic nitrogens is 1.